The molecule has 0 radical (unpaired) electrons. The Hall–Kier alpha value is -1.25. The number of hydrogen-bond donors (Lipinski definition) is 0. The van der Waals surface area contributed by atoms with Gasteiger partial charge in [-0.25, -0.2) is 4.79 Å². The highest BCUT2D eigenvalue weighted by molar-refractivity contribution is 7.87. The summed E-state index contributed by atoms with van der Waals surface area (Å²) in [4.78, 5) is 11.8. The van der Waals surface area contributed by atoms with E-state index in [1.54, 1.807) is 0 Å². The van der Waals surface area contributed by atoms with E-state index in [9.17, 15) is 26.4 Å². The number of esters is 1. The van der Waals surface area contributed by atoms with Crippen molar-refractivity contribution in [2.75, 3.05) is 7.11 Å². The quantitative estimate of drug-likeness (QED) is 0.412. The van der Waals surface area contributed by atoms with Gasteiger partial charge in [-0.2, -0.15) is 21.6 Å². The maximum Gasteiger partial charge on any atom is 0.534 e. The highest BCUT2D eigenvalue weighted by Gasteiger charge is 2.50. The molecule has 0 saturated heterocycles. The van der Waals surface area contributed by atoms with Gasteiger partial charge in [0.2, 0.25) is 0 Å². The molecule has 134 valence electrons. The minimum absolute atomic E-state index is 0.112. The Bertz CT molecular complexity index is 551. The summed E-state index contributed by atoms with van der Waals surface area (Å²) in [6.45, 7) is 1.91. The van der Waals surface area contributed by atoms with Crippen LogP contribution in [-0.2, 0) is 23.8 Å². The van der Waals surface area contributed by atoms with Crippen LogP contribution in [0.15, 0.2) is 11.3 Å². The molecule has 1 rings (SSSR count). The Balaban J connectivity index is 3.29. The Morgan fingerprint density at radius 2 is 1.96 bits per heavy atom. The number of rotatable bonds is 6. The molecule has 0 bridgehead atoms. The van der Waals surface area contributed by atoms with Crippen LogP contribution in [0, 0.1) is 5.92 Å². The lowest BCUT2D eigenvalue weighted by atomic mass is 9.94. The Morgan fingerprint density at radius 1 is 1.30 bits per heavy atom. The van der Waals surface area contributed by atoms with Crippen molar-refractivity contribution in [1.82, 2.24) is 0 Å². The lowest BCUT2D eigenvalue weighted by molar-refractivity contribution is -0.136. The predicted octanol–water partition coefficient (Wildman–Crippen LogP) is 3.66. The third-order valence-electron chi connectivity index (χ3n) is 3.72. The van der Waals surface area contributed by atoms with E-state index in [1.165, 1.54) is 0 Å². The smallest absolute Gasteiger partial charge is 0.466 e. The number of halogens is 3. The molecule has 0 saturated carbocycles. The van der Waals surface area contributed by atoms with Crippen molar-refractivity contribution < 1.29 is 35.3 Å². The van der Waals surface area contributed by atoms with Gasteiger partial charge in [-0.3, -0.25) is 0 Å². The van der Waals surface area contributed by atoms with Gasteiger partial charge in [0.25, 0.3) is 0 Å². The van der Waals surface area contributed by atoms with E-state index in [2.05, 4.69) is 8.92 Å². The van der Waals surface area contributed by atoms with Gasteiger partial charge in [-0.1, -0.05) is 26.2 Å². The lowest BCUT2D eigenvalue weighted by Gasteiger charge is -2.21. The first-order valence-corrected chi connectivity index (χ1v) is 8.87. The van der Waals surface area contributed by atoms with Crippen molar-refractivity contribution in [3.63, 3.8) is 0 Å². The fourth-order valence-corrected chi connectivity index (χ4v) is 3.10. The van der Waals surface area contributed by atoms with Crippen molar-refractivity contribution in [1.29, 1.82) is 0 Å². The van der Waals surface area contributed by atoms with Gasteiger partial charge in [0, 0.05) is 5.92 Å². The van der Waals surface area contributed by atoms with Crippen LogP contribution in [0.25, 0.3) is 0 Å². The van der Waals surface area contributed by atoms with E-state index in [1.807, 2.05) is 6.92 Å². The second-order valence-electron chi connectivity index (χ2n) is 5.40. The highest BCUT2D eigenvalue weighted by Crippen LogP contribution is 2.37. The number of carbonyl (C=O) groups is 1. The minimum Gasteiger partial charge on any atom is -0.466 e. The van der Waals surface area contributed by atoms with E-state index in [0.717, 1.165) is 13.5 Å². The summed E-state index contributed by atoms with van der Waals surface area (Å²) < 4.78 is 69.6. The van der Waals surface area contributed by atoms with Crippen LogP contribution in [0.1, 0.15) is 51.9 Å². The number of ether oxygens (including phenoxy) is 1. The molecule has 9 heteroatoms. The second kappa shape index (κ2) is 8.03. The van der Waals surface area contributed by atoms with E-state index in [-0.39, 0.29) is 12.0 Å². The van der Waals surface area contributed by atoms with Gasteiger partial charge in [0.05, 0.1) is 12.7 Å². The zero-order chi connectivity index (χ0) is 17.7. The van der Waals surface area contributed by atoms with Gasteiger partial charge in [0.15, 0.2) is 0 Å². The molecule has 1 aliphatic carbocycles. The average Bonchev–Trinajstić information content (AvgIpc) is 2.65. The second-order valence-corrected chi connectivity index (χ2v) is 6.94. The molecular formula is C14H21F3O5S. The SMILES string of the molecule is CCCCC1CCCCC(C(=O)OC)=C1OS(=O)(=O)C(F)(F)F. The highest BCUT2D eigenvalue weighted by atomic mass is 32.2. The Morgan fingerprint density at radius 3 is 2.48 bits per heavy atom. The van der Waals surface area contributed by atoms with E-state index >= 15 is 0 Å². The summed E-state index contributed by atoms with van der Waals surface area (Å²) in [5.74, 6) is -1.79. The van der Waals surface area contributed by atoms with Crippen molar-refractivity contribution in [2.45, 2.75) is 57.4 Å². The summed E-state index contributed by atoms with van der Waals surface area (Å²) in [6, 6.07) is 0. The average molecular weight is 358 g/mol. The van der Waals surface area contributed by atoms with Crippen LogP contribution in [0.3, 0.4) is 0 Å². The molecule has 0 fully saturated rings. The topological polar surface area (TPSA) is 69.7 Å². The molecule has 0 heterocycles. The van der Waals surface area contributed by atoms with Crippen molar-refractivity contribution >= 4 is 16.1 Å². The molecular weight excluding hydrogens is 337 g/mol. The van der Waals surface area contributed by atoms with Crippen molar-refractivity contribution in [3.8, 4) is 0 Å². The number of hydrogen-bond acceptors (Lipinski definition) is 5. The van der Waals surface area contributed by atoms with Gasteiger partial charge in [0.1, 0.15) is 5.76 Å². The molecule has 0 spiro atoms. The summed E-state index contributed by atoms with van der Waals surface area (Å²) in [7, 11) is -4.72. The molecule has 1 aliphatic rings. The summed E-state index contributed by atoms with van der Waals surface area (Å²) in [5, 5.41) is 0. The maximum absolute atomic E-state index is 12.6. The molecule has 23 heavy (non-hydrogen) atoms. The molecule has 1 atom stereocenters. The Kier molecular flexibility index (Phi) is 6.91. The zero-order valence-corrected chi connectivity index (χ0v) is 13.9. The van der Waals surface area contributed by atoms with E-state index < -0.39 is 33.3 Å². The summed E-state index contributed by atoms with van der Waals surface area (Å²) >= 11 is 0. The number of unbranched alkanes of at least 4 members (excludes halogenated alkanes) is 1. The third kappa shape index (κ3) is 5.12. The molecule has 0 aromatic heterocycles. The van der Waals surface area contributed by atoms with Gasteiger partial charge < -0.3 is 8.92 Å². The standard InChI is InChI=1S/C14H21F3O5S/c1-3-4-7-10-8-5-6-9-11(13(18)21-2)12(10)22-23(19,20)14(15,16)17/h10H,3-9H2,1-2H3. The molecule has 1 unspecified atom stereocenters. The summed E-state index contributed by atoms with van der Waals surface area (Å²) in [6.07, 6.45) is 3.79. The number of alkyl halides is 3. The van der Waals surface area contributed by atoms with Crippen molar-refractivity contribution in [2.24, 2.45) is 5.92 Å². The molecule has 0 N–H and O–H groups in total. The monoisotopic (exact) mass is 358 g/mol. The fourth-order valence-electron chi connectivity index (χ4n) is 2.53. The lowest BCUT2D eigenvalue weighted by Crippen LogP contribution is -2.28. The number of methoxy groups -OCH3 is 1. The van der Waals surface area contributed by atoms with E-state index in [0.29, 0.717) is 32.1 Å². The number of allylic oxidation sites excluding steroid dienone is 1. The molecule has 0 amide bonds. The fraction of sp³-hybridized carbons (Fsp3) is 0.786. The Labute approximate surface area is 134 Å². The predicted molar refractivity (Wildman–Crippen MR) is 76.6 cm³/mol. The first-order chi connectivity index (χ1) is 10.6. The molecule has 5 nitrogen and oxygen atoms in total. The third-order valence-corrected chi connectivity index (χ3v) is 4.68. The van der Waals surface area contributed by atoms with Crippen molar-refractivity contribution in [3.05, 3.63) is 11.3 Å². The van der Waals surface area contributed by atoms with Crippen LogP contribution in [-0.4, -0.2) is 27.0 Å². The molecule has 0 aliphatic heterocycles. The van der Waals surface area contributed by atoms with Gasteiger partial charge in [-0.05, 0) is 25.7 Å². The van der Waals surface area contributed by atoms with Crippen LogP contribution in [0.4, 0.5) is 13.2 Å². The first kappa shape index (κ1) is 19.8. The summed E-state index contributed by atoms with van der Waals surface area (Å²) in [5.41, 5.74) is -5.65. The number of carbonyl (C=O) groups excluding carboxylic acids is 1. The van der Waals surface area contributed by atoms with Gasteiger partial charge in [-0.15, -0.1) is 0 Å². The first-order valence-electron chi connectivity index (χ1n) is 7.46. The molecule has 0 aromatic carbocycles. The minimum atomic E-state index is -5.81. The molecule has 0 aromatic rings. The van der Waals surface area contributed by atoms with Crippen LogP contribution >= 0.6 is 0 Å². The van der Waals surface area contributed by atoms with Crippen LogP contribution < -0.4 is 0 Å². The maximum atomic E-state index is 12.6. The van der Waals surface area contributed by atoms with Crippen LogP contribution in [0.2, 0.25) is 0 Å². The van der Waals surface area contributed by atoms with Gasteiger partial charge >= 0.3 is 21.6 Å². The zero-order valence-electron chi connectivity index (χ0n) is 13.1. The largest absolute Gasteiger partial charge is 0.534 e. The normalized spacial score (nSPS) is 20.1. The van der Waals surface area contributed by atoms with E-state index in [4.69, 9.17) is 0 Å². The van der Waals surface area contributed by atoms with Crippen LogP contribution in [0.5, 0.6) is 0 Å².